The summed E-state index contributed by atoms with van der Waals surface area (Å²) in [6.45, 7) is 3.13. The second kappa shape index (κ2) is 5.76. The summed E-state index contributed by atoms with van der Waals surface area (Å²) in [4.78, 5) is 15.3. The van der Waals surface area contributed by atoms with Crippen molar-refractivity contribution < 1.29 is 13.9 Å². The summed E-state index contributed by atoms with van der Waals surface area (Å²) in [5, 5.41) is 0. The summed E-state index contributed by atoms with van der Waals surface area (Å²) in [6.07, 6.45) is 5.83. The molecule has 0 bridgehead atoms. The fourth-order valence-corrected chi connectivity index (χ4v) is 4.08. The molecule has 4 rings (SSSR count). The summed E-state index contributed by atoms with van der Waals surface area (Å²) < 4.78 is 19.8. The predicted molar refractivity (Wildman–Crippen MR) is 91.6 cm³/mol. The molecule has 1 aliphatic carbocycles. The van der Waals surface area contributed by atoms with Crippen LogP contribution in [0.1, 0.15) is 38.2 Å². The van der Waals surface area contributed by atoms with E-state index in [1.807, 2.05) is 29.2 Å². The lowest BCUT2D eigenvalue weighted by Gasteiger charge is -2.24. The summed E-state index contributed by atoms with van der Waals surface area (Å²) in [6, 6.07) is 7.88. The van der Waals surface area contributed by atoms with E-state index in [4.69, 9.17) is 4.74 Å². The van der Waals surface area contributed by atoms with Crippen LogP contribution < -0.4 is 4.90 Å². The molecule has 0 N–H and O–H groups in total. The third-order valence-electron chi connectivity index (χ3n) is 5.30. The molecular weight excluding hydrogens is 305 g/mol. The zero-order valence-electron chi connectivity index (χ0n) is 13.9. The van der Waals surface area contributed by atoms with Crippen molar-refractivity contribution in [3.05, 3.63) is 53.3 Å². The second-order valence-corrected chi connectivity index (χ2v) is 6.78. The molecule has 0 aromatic heterocycles. The molecule has 3 nitrogen and oxygen atoms in total. The van der Waals surface area contributed by atoms with Crippen LogP contribution in [0.4, 0.5) is 10.1 Å². The van der Waals surface area contributed by atoms with E-state index in [1.54, 1.807) is 12.2 Å². The van der Waals surface area contributed by atoms with Crippen LogP contribution >= 0.6 is 0 Å². The van der Waals surface area contributed by atoms with Gasteiger partial charge < -0.3 is 9.64 Å². The molecule has 2 heterocycles. The minimum Gasteiger partial charge on any atom is -0.492 e. The Hall–Kier alpha value is -2.10. The van der Waals surface area contributed by atoms with Gasteiger partial charge in [-0.2, -0.15) is 0 Å². The Bertz CT molecular complexity index is 739. The van der Waals surface area contributed by atoms with Gasteiger partial charge >= 0.3 is 0 Å². The number of nitrogens with zero attached hydrogens (tertiary/aromatic N) is 1. The van der Waals surface area contributed by atoms with E-state index < -0.39 is 11.6 Å². The molecule has 2 atom stereocenters. The van der Waals surface area contributed by atoms with Gasteiger partial charge in [0.05, 0.1) is 0 Å². The van der Waals surface area contributed by atoms with Gasteiger partial charge in [0, 0.05) is 24.2 Å². The molecule has 2 unspecified atom stereocenters. The number of rotatable bonds is 4. The van der Waals surface area contributed by atoms with Crippen molar-refractivity contribution in [3.63, 3.8) is 0 Å². The third-order valence-corrected chi connectivity index (χ3v) is 5.30. The highest BCUT2D eigenvalue weighted by Gasteiger charge is 2.58. The number of hydrogen-bond donors (Lipinski definition) is 0. The number of halogens is 1. The smallest absolute Gasteiger partial charge is 0.245 e. The Morgan fingerprint density at radius 3 is 3.00 bits per heavy atom. The number of hydrogen-bond acceptors (Lipinski definition) is 2. The lowest BCUT2D eigenvalue weighted by Crippen LogP contribution is -2.42. The van der Waals surface area contributed by atoms with Gasteiger partial charge in [0.1, 0.15) is 24.0 Å². The van der Waals surface area contributed by atoms with Gasteiger partial charge in [-0.1, -0.05) is 38.0 Å². The Balaban J connectivity index is 1.79. The minimum absolute atomic E-state index is 0.0311. The fraction of sp³-hybridized carbons (Fsp3) is 0.450. The van der Waals surface area contributed by atoms with E-state index in [1.165, 1.54) is 0 Å². The van der Waals surface area contributed by atoms with Crippen molar-refractivity contribution in [2.45, 2.75) is 44.2 Å². The Kier molecular flexibility index (Phi) is 3.70. The number of unbranched alkanes of at least 4 members (excludes halogenated alkanes) is 2. The zero-order valence-corrected chi connectivity index (χ0v) is 13.9. The van der Waals surface area contributed by atoms with Gasteiger partial charge in [-0.15, -0.1) is 0 Å². The second-order valence-electron chi connectivity index (χ2n) is 6.78. The van der Waals surface area contributed by atoms with Crippen molar-refractivity contribution in [1.29, 1.82) is 0 Å². The molecule has 0 saturated carbocycles. The molecule has 0 radical (unpaired) electrons. The molecule has 3 aliphatic rings. The maximum atomic E-state index is 14.0. The molecule has 126 valence electrons. The first kappa shape index (κ1) is 15.4. The number of carbonyl (C=O) groups excluding carboxylic acids is 1. The topological polar surface area (TPSA) is 29.5 Å². The molecule has 1 aromatic carbocycles. The Labute approximate surface area is 141 Å². The lowest BCUT2D eigenvalue weighted by atomic mass is 9.75. The first-order valence-electron chi connectivity index (χ1n) is 8.79. The van der Waals surface area contributed by atoms with E-state index in [9.17, 15) is 9.18 Å². The van der Waals surface area contributed by atoms with E-state index >= 15 is 0 Å². The number of benzene rings is 1. The lowest BCUT2D eigenvalue weighted by molar-refractivity contribution is -0.122. The van der Waals surface area contributed by atoms with Crippen LogP contribution in [-0.4, -0.2) is 25.2 Å². The van der Waals surface area contributed by atoms with Crippen LogP contribution in [0.15, 0.2) is 47.7 Å². The van der Waals surface area contributed by atoms with Gasteiger partial charge in [0.25, 0.3) is 0 Å². The number of ether oxygens (including phenoxy) is 1. The van der Waals surface area contributed by atoms with E-state index in [2.05, 4.69) is 6.92 Å². The largest absolute Gasteiger partial charge is 0.492 e. The average Bonchev–Trinajstić information content (AvgIpc) is 3.08. The number of alkyl halides is 1. The zero-order chi connectivity index (χ0) is 16.7. The molecule has 1 amide bonds. The molecule has 1 aromatic rings. The minimum atomic E-state index is -1.04. The number of carbonyl (C=O) groups is 1. The van der Waals surface area contributed by atoms with Crippen LogP contribution in [0.5, 0.6) is 0 Å². The Morgan fingerprint density at radius 2 is 2.17 bits per heavy atom. The SMILES string of the molecule is CCCCCN1C(=O)C2(COC3=CCC(F)C=C32)c2ccccc21. The van der Waals surface area contributed by atoms with Gasteiger partial charge in [0.2, 0.25) is 5.91 Å². The van der Waals surface area contributed by atoms with Crippen molar-refractivity contribution in [1.82, 2.24) is 0 Å². The number of fused-ring (bicyclic) bond motifs is 4. The van der Waals surface area contributed by atoms with E-state index in [0.29, 0.717) is 18.7 Å². The number of para-hydroxylation sites is 1. The molecule has 1 fully saturated rings. The van der Waals surface area contributed by atoms with Crippen LogP contribution in [0.3, 0.4) is 0 Å². The number of anilines is 1. The van der Waals surface area contributed by atoms with Crippen LogP contribution in [0.25, 0.3) is 0 Å². The normalized spacial score (nSPS) is 27.7. The molecule has 2 aliphatic heterocycles. The third kappa shape index (κ3) is 2.05. The average molecular weight is 327 g/mol. The highest BCUT2D eigenvalue weighted by Crippen LogP contribution is 2.53. The quantitative estimate of drug-likeness (QED) is 0.781. The predicted octanol–water partition coefficient (Wildman–Crippen LogP) is 4.04. The van der Waals surface area contributed by atoms with Gasteiger partial charge in [-0.25, -0.2) is 4.39 Å². The van der Waals surface area contributed by atoms with Crippen molar-refractivity contribution >= 4 is 11.6 Å². The molecule has 24 heavy (non-hydrogen) atoms. The molecular formula is C20H22FNO2. The monoisotopic (exact) mass is 327 g/mol. The van der Waals surface area contributed by atoms with Crippen LogP contribution in [-0.2, 0) is 14.9 Å². The van der Waals surface area contributed by atoms with Crippen LogP contribution in [0, 0.1) is 0 Å². The highest BCUT2D eigenvalue weighted by atomic mass is 19.1. The van der Waals surface area contributed by atoms with Gasteiger partial charge in [0.15, 0.2) is 0 Å². The molecule has 1 spiro atoms. The van der Waals surface area contributed by atoms with Gasteiger partial charge in [-0.05, 0) is 30.2 Å². The number of amides is 1. The van der Waals surface area contributed by atoms with Gasteiger partial charge in [-0.3, -0.25) is 4.79 Å². The van der Waals surface area contributed by atoms with Crippen molar-refractivity contribution in [3.8, 4) is 0 Å². The van der Waals surface area contributed by atoms with Crippen molar-refractivity contribution in [2.24, 2.45) is 0 Å². The Morgan fingerprint density at radius 1 is 1.33 bits per heavy atom. The maximum absolute atomic E-state index is 14.0. The fourth-order valence-electron chi connectivity index (χ4n) is 4.08. The summed E-state index contributed by atoms with van der Waals surface area (Å²) in [7, 11) is 0. The highest BCUT2D eigenvalue weighted by molar-refractivity contribution is 6.11. The van der Waals surface area contributed by atoms with E-state index in [0.717, 1.165) is 36.1 Å². The van der Waals surface area contributed by atoms with Crippen molar-refractivity contribution in [2.75, 3.05) is 18.1 Å². The van der Waals surface area contributed by atoms with E-state index in [-0.39, 0.29) is 12.5 Å². The first-order valence-corrected chi connectivity index (χ1v) is 8.79. The number of allylic oxidation sites excluding steroid dienone is 3. The summed E-state index contributed by atoms with van der Waals surface area (Å²) >= 11 is 0. The standard InChI is InChI=1S/C20H22FNO2/c1-2-3-6-11-22-17-8-5-4-7-15(17)20(19(22)23)13-24-18-10-9-14(21)12-16(18)20/h4-5,7-8,10,12,14H,2-3,6,9,11,13H2,1H3. The first-order chi connectivity index (χ1) is 11.7. The summed E-state index contributed by atoms with van der Waals surface area (Å²) in [5.41, 5.74) is 1.76. The molecule has 1 saturated heterocycles. The van der Waals surface area contributed by atoms with Crippen LogP contribution in [0.2, 0.25) is 0 Å². The molecule has 4 heteroatoms. The maximum Gasteiger partial charge on any atom is 0.245 e. The summed E-state index contributed by atoms with van der Waals surface area (Å²) in [5.74, 6) is 0.714.